The van der Waals surface area contributed by atoms with E-state index < -0.39 is 5.97 Å². The fraction of sp³-hybridized carbons (Fsp3) is 0.0833. The molecular formula is C12H10N2O3. The summed E-state index contributed by atoms with van der Waals surface area (Å²) in [7, 11) is 1.53. The maximum Gasteiger partial charge on any atom is 0.354 e. The molecule has 0 aliphatic carbocycles. The van der Waals surface area contributed by atoms with Crippen molar-refractivity contribution in [3.05, 3.63) is 42.2 Å². The molecule has 0 unspecified atom stereocenters. The lowest BCUT2D eigenvalue weighted by Gasteiger charge is -2.03. The first-order chi connectivity index (χ1) is 8.20. The van der Waals surface area contributed by atoms with Gasteiger partial charge in [0.15, 0.2) is 0 Å². The monoisotopic (exact) mass is 230 g/mol. The van der Waals surface area contributed by atoms with Crippen LogP contribution in [-0.4, -0.2) is 28.2 Å². The van der Waals surface area contributed by atoms with E-state index in [9.17, 15) is 4.79 Å². The highest BCUT2D eigenvalue weighted by molar-refractivity contribution is 5.86. The number of hydrogen-bond acceptors (Lipinski definition) is 4. The van der Waals surface area contributed by atoms with Gasteiger partial charge in [0.25, 0.3) is 0 Å². The molecule has 1 N–H and O–H groups in total. The molecule has 2 heterocycles. The summed E-state index contributed by atoms with van der Waals surface area (Å²) in [6, 6.07) is 8.30. The Hall–Kier alpha value is -2.43. The average Bonchev–Trinajstić information content (AvgIpc) is 2.39. The number of aromatic carboxylic acids is 1. The van der Waals surface area contributed by atoms with Crippen LogP contribution >= 0.6 is 0 Å². The summed E-state index contributed by atoms with van der Waals surface area (Å²) in [5.74, 6) is -0.545. The number of carbonyl (C=O) groups is 1. The third kappa shape index (κ3) is 2.39. The largest absolute Gasteiger partial charge is 0.481 e. The molecule has 0 spiro atoms. The van der Waals surface area contributed by atoms with Gasteiger partial charge in [-0.3, -0.25) is 0 Å². The summed E-state index contributed by atoms with van der Waals surface area (Å²) in [5.41, 5.74) is 1.33. The molecule has 17 heavy (non-hydrogen) atoms. The van der Waals surface area contributed by atoms with E-state index in [2.05, 4.69) is 9.97 Å². The fourth-order valence-corrected chi connectivity index (χ4v) is 1.37. The van der Waals surface area contributed by atoms with Gasteiger partial charge in [-0.05, 0) is 18.2 Å². The zero-order valence-corrected chi connectivity index (χ0v) is 9.12. The molecule has 86 valence electrons. The van der Waals surface area contributed by atoms with Crippen LogP contribution in [0, 0.1) is 0 Å². The molecule has 0 aliphatic heterocycles. The summed E-state index contributed by atoms with van der Waals surface area (Å²) in [6.07, 6.45) is 1.59. The molecule has 0 amide bonds. The number of ether oxygens (including phenoxy) is 1. The van der Waals surface area contributed by atoms with Gasteiger partial charge < -0.3 is 9.84 Å². The minimum absolute atomic E-state index is 0.0123. The third-order valence-corrected chi connectivity index (χ3v) is 2.21. The molecule has 2 rings (SSSR count). The van der Waals surface area contributed by atoms with Gasteiger partial charge in [0.2, 0.25) is 5.88 Å². The van der Waals surface area contributed by atoms with Gasteiger partial charge in [0.1, 0.15) is 5.69 Å². The van der Waals surface area contributed by atoms with Crippen LogP contribution in [0.15, 0.2) is 36.5 Å². The molecule has 2 aromatic rings. The van der Waals surface area contributed by atoms with Crippen molar-refractivity contribution in [3.63, 3.8) is 0 Å². The fourth-order valence-electron chi connectivity index (χ4n) is 1.37. The maximum absolute atomic E-state index is 10.8. The van der Waals surface area contributed by atoms with Crippen LogP contribution in [0.2, 0.25) is 0 Å². The highest BCUT2D eigenvalue weighted by Crippen LogP contribution is 2.18. The number of pyridine rings is 2. The average molecular weight is 230 g/mol. The number of methoxy groups -OCH3 is 1. The molecular weight excluding hydrogens is 220 g/mol. The lowest BCUT2D eigenvalue weighted by molar-refractivity contribution is 0.0690. The van der Waals surface area contributed by atoms with Gasteiger partial charge in [-0.25, -0.2) is 14.8 Å². The molecule has 0 saturated heterocycles. The zero-order chi connectivity index (χ0) is 12.3. The van der Waals surface area contributed by atoms with Crippen LogP contribution in [0.5, 0.6) is 5.88 Å². The summed E-state index contributed by atoms with van der Waals surface area (Å²) < 4.78 is 4.94. The van der Waals surface area contributed by atoms with Crippen LogP contribution in [0.3, 0.4) is 0 Å². The van der Waals surface area contributed by atoms with Crippen molar-refractivity contribution in [1.29, 1.82) is 0 Å². The Morgan fingerprint density at radius 3 is 2.71 bits per heavy atom. The third-order valence-electron chi connectivity index (χ3n) is 2.21. The highest BCUT2D eigenvalue weighted by atomic mass is 16.5. The van der Waals surface area contributed by atoms with Crippen molar-refractivity contribution in [3.8, 4) is 17.1 Å². The quantitative estimate of drug-likeness (QED) is 0.871. The van der Waals surface area contributed by atoms with Gasteiger partial charge in [-0.2, -0.15) is 0 Å². The van der Waals surface area contributed by atoms with E-state index in [-0.39, 0.29) is 5.69 Å². The molecule has 2 aromatic heterocycles. The van der Waals surface area contributed by atoms with Crippen molar-refractivity contribution in [2.45, 2.75) is 0 Å². The van der Waals surface area contributed by atoms with E-state index in [0.717, 1.165) is 5.56 Å². The molecule has 0 fully saturated rings. The number of nitrogens with zero attached hydrogens (tertiary/aromatic N) is 2. The van der Waals surface area contributed by atoms with E-state index in [4.69, 9.17) is 9.84 Å². The summed E-state index contributed by atoms with van der Waals surface area (Å²) in [6.45, 7) is 0. The molecule has 0 radical (unpaired) electrons. The lowest BCUT2D eigenvalue weighted by Crippen LogP contribution is -2.00. The first-order valence-corrected chi connectivity index (χ1v) is 4.91. The number of carboxylic acid groups (broad SMARTS) is 1. The molecule has 0 saturated carbocycles. The van der Waals surface area contributed by atoms with E-state index in [1.165, 1.54) is 13.2 Å². The van der Waals surface area contributed by atoms with Crippen molar-refractivity contribution >= 4 is 5.97 Å². The Balaban J connectivity index is 2.38. The Morgan fingerprint density at radius 1 is 1.29 bits per heavy atom. The number of rotatable bonds is 3. The second-order valence-electron chi connectivity index (χ2n) is 3.30. The SMILES string of the molecule is COc1ccc(-c2cccc(C(=O)O)n2)cn1. The minimum atomic E-state index is -1.05. The Kier molecular flexibility index (Phi) is 3.00. The smallest absolute Gasteiger partial charge is 0.354 e. The second kappa shape index (κ2) is 4.61. The van der Waals surface area contributed by atoms with E-state index in [1.54, 1.807) is 30.5 Å². The van der Waals surface area contributed by atoms with Crippen LogP contribution < -0.4 is 4.74 Å². The molecule has 0 bridgehead atoms. The van der Waals surface area contributed by atoms with Gasteiger partial charge in [-0.1, -0.05) is 6.07 Å². The van der Waals surface area contributed by atoms with E-state index in [1.807, 2.05) is 0 Å². The van der Waals surface area contributed by atoms with Crippen molar-refractivity contribution in [2.24, 2.45) is 0 Å². The molecule has 5 nitrogen and oxygen atoms in total. The van der Waals surface area contributed by atoms with Gasteiger partial charge in [-0.15, -0.1) is 0 Å². The number of carboxylic acids is 1. The normalized spacial score (nSPS) is 9.94. The highest BCUT2D eigenvalue weighted by Gasteiger charge is 2.06. The van der Waals surface area contributed by atoms with E-state index >= 15 is 0 Å². The summed E-state index contributed by atoms with van der Waals surface area (Å²) >= 11 is 0. The number of aromatic nitrogens is 2. The first-order valence-electron chi connectivity index (χ1n) is 4.91. The Morgan fingerprint density at radius 2 is 2.12 bits per heavy atom. The standard InChI is InChI=1S/C12H10N2O3/c1-17-11-6-5-8(7-13-11)9-3-2-4-10(14-9)12(15)16/h2-7H,1H3,(H,15,16). The Bertz CT molecular complexity index is 538. The second-order valence-corrected chi connectivity index (χ2v) is 3.30. The zero-order valence-electron chi connectivity index (χ0n) is 9.12. The van der Waals surface area contributed by atoms with Crippen molar-refractivity contribution < 1.29 is 14.6 Å². The molecule has 0 aliphatic rings. The van der Waals surface area contributed by atoms with E-state index in [0.29, 0.717) is 11.6 Å². The van der Waals surface area contributed by atoms with Crippen LogP contribution in [0.1, 0.15) is 10.5 Å². The molecule has 0 atom stereocenters. The lowest BCUT2D eigenvalue weighted by atomic mass is 10.2. The van der Waals surface area contributed by atoms with Gasteiger partial charge in [0, 0.05) is 17.8 Å². The predicted octanol–water partition coefficient (Wildman–Crippen LogP) is 1.85. The van der Waals surface area contributed by atoms with Crippen LogP contribution in [-0.2, 0) is 0 Å². The summed E-state index contributed by atoms with van der Waals surface area (Å²) in [4.78, 5) is 18.8. The Labute approximate surface area is 97.7 Å². The molecule has 0 aromatic carbocycles. The van der Waals surface area contributed by atoms with Crippen LogP contribution in [0.4, 0.5) is 0 Å². The van der Waals surface area contributed by atoms with Gasteiger partial charge in [0.05, 0.1) is 12.8 Å². The van der Waals surface area contributed by atoms with Gasteiger partial charge >= 0.3 is 5.97 Å². The predicted molar refractivity (Wildman–Crippen MR) is 61.0 cm³/mol. The molecule has 5 heteroatoms. The van der Waals surface area contributed by atoms with Crippen molar-refractivity contribution in [2.75, 3.05) is 7.11 Å². The maximum atomic E-state index is 10.8. The topological polar surface area (TPSA) is 72.3 Å². The minimum Gasteiger partial charge on any atom is -0.481 e. The number of hydrogen-bond donors (Lipinski definition) is 1. The summed E-state index contributed by atoms with van der Waals surface area (Å²) in [5, 5.41) is 8.84. The van der Waals surface area contributed by atoms with Crippen LogP contribution in [0.25, 0.3) is 11.3 Å². The first kappa shape index (κ1) is 11.1. The van der Waals surface area contributed by atoms with Crippen molar-refractivity contribution in [1.82, 2.24) is 9.97 Å².